The monoisotopic (exact) mass is 358 g/mol. The average molecular weight is 358 g/mol. The third kappa shape index (κ3) is 5.05. The van der Waals surface area contributed by atoms with Crippen LogP contribution in [0, 0.1) is 6.92 Å². The van der Waals surface area contributed by atoms with Crippen LogP contribution in [0.15, 0.2) is 83.8 Å². The predicted octanol–water partition coefficient (Wildman–Crippen LogP) is 3.51. The molecule has 3 rings (SSSR count). The molecule has 136 valence electrons. The Kier molecular flexibility index (Phi) is 6.00. The lowest BCUT2D eigenvalue weighted by Gasteiger charge is -2.12. The van der Waals surface area contributed by atoms with E-state index in [0.717, 1.165) is 23.1 Å². The molecular weight excluding hydrogens is 336 g/mol. The van der Waals surface area contributed by atoms with Gasteiger partial charge >= 0.3 is 0 Å². The molecule has 1 N–H and O–H groups in total. The molecule has 2 aromatic carbocycles. The van der Waals surface area contributed by atoms with Gasteiger partial charge in [0.05, 0.1) is 0 Å². The van der Waals surface area contributed by atoms with E-state index < -0.39 is 0 Å². The Bertz CT molecular complexity index is 987. The fourth-order valence-corrected chi connectivity index (χ4v) is 2.75. The van der Waals surface area contributed by atoms with Crippen molar-refractivity contribution >= 4 is 17.7 Å². The van der Waals surface area contributed by atoms with Gasteiger partial charge in [-0.15, -0.1) is 0 Å². The molecular formula is C23H22N2O2. The van der Waals surface area contributed by atoms with Crippen molar-refractivity contribution in [3.05, 3.63) is 106 Å². The number of nitrogens with zero attached hydrogens (tertiary/aromatic N) is 1. The molecule has 1 amide bonds. The summed E-state index contributed by atoms with van der Waals surface area (Å²) in [5, 5.41) is 2.92. The van der Waals surface area contributed by atoms with Crippen LogP contribution >= 0.6 is 0 Å². The lowest BCUT2D eigenvalue weighted by atomic mass is 10.1. The molecule has 0 fully saturated rings. The summed E-state index contributed by atoms with van der Waals surface area (Å²) in [5.41, 5.74) is 3.22. The summed E-state index contributed by atoms with van der Waals surface area (Å²) in [5.74, 6) is -0.278. The highest BCUT2D eigenvalue weighted by molar-refractivity contribution is 6.18. The standard InChI is InChI=1S/C23H22N2O2/c1-18-10-12-20(13-11-18)17-21(25-16-6-5-9-22(25)26)23(27)24-15-14-19-7-3-2-4-8-19/h2-13,16-17H,14-15H2,1H3,(H,24,27)/b21-17+. The molecule has 0 aliphatic rings. The van der Waals surface area contributed by atoms with Crippen LogP contribution in [0.5, 0.6) is 0 Å². The number of nitrogens with one attached hydrogen (secondary N) is 1. The largest absolute Gasteiger partial charge is 0.350 e. The highest BCUT2D eigenvalue weighted by Crippen LogP contribution is 2.12. The highest BCUT2D eigenvalue weighted by Gasteiger charge is 2.12. The van der Waals surface area contributed by atoms with Crippen molar-refractivity contribution in [1.82, 2.24) is 9.88 Å². The smallest absolute Gasteiger partial charge is 0.268 e. The van der Waals surface area contributed by atoms with Crippen LogP contribution in [0.2, 0.25) is 0 Å². The van der Waals surface area contributed by atoms with Gasteiger partial charge in [0.25, 0.3) is 11.5 Å². The third-order valence-corrected chi connectivity index (χ3v) is 4.24. The summed E-state index contributed by atoms with van der Waals surface area (Å²) >= 11 is 0. The molecule has 0 bridgehead atoms. The average Bonchev–Trinajstić information content (AvgIpc) is 2.69. The summed E-state index contributed by atoms with van der Waals surface area (Å²) < 4.78 is 1.37. The first kappa shape index (κ1) is 18.4. The molecule has 3 aromatic rings. The molecule has 1 heterocycles. The van der Waals surface area contributed by atoms with Crippen LogP contribution in [0.1, 0.15) is 16.7 Å². The lowest BCUT2D eigenvalue weighted by Crippen LogP contribution is -2.31. The van der Waals surface area contributed by atoms with Gasteiger partial charge in [-0.05, 0) is 36.6 Å². The zero-order chi connectivity index (χ0) is 19.1. The van der Waals surface area contributed by atoms with Gasteiger partial charge in [0.2, 0.25) is 0 Å². The molecule has 0 saturated heterocycles. The zero-order valence-corrected chi connectivity index (χ0v) is 15.3. The minimum absolute atomic E-state index is 0.242. The van der Waals surface area contributed by atoms with E-state index >= 15 is 0 Å². The minimum atomic E-state index is -0.278. The molecule has 0 spiro atoms. The van der Waals surface area contributed by atoms with E-state index in [9.17, 15) is 9.59 Å². The van der Waals surface area contributed by atoms with E-state index in [1.165, 1.54) is 10.6 Å². The van der Waals surface area contributed by atoms with Gasteiger partial charge in [0.1, 0.15) is 5.70 Å². The second kappa shape index (κ2) is 8.81. The van der Waals surface area contributed by atoms with Crippen LogP contribution < -0.4 is 10.9 Å². The number of hydrogen-bond donors (Lipinski definition) is 1. The second-order valence-electron chi connectivity index (χ2n) is 6.34. The Morgan fingerprint density at radius 2 is 1.67 bits per heavy atom. The van der Waals surface area contributed by atoms with E-state index in [4.69, 9.17) is 0 Å². The van der Waals surface area contributed by atoms with Crippen LogP contribution in [0.3, 0.4) is 0 Å². The van der Waals surface area contributed by atoms with Crippen LogP contribution in [-0.4, -0.2) is 17.0 Å². The van der Waals surface area contributed by atoms with Gasteiger partial charge in [0.15, 0.2) is 0 Å². The zero-order valence-electron chi connectivity index (χ0n) is 15.3. The minimum Gasteiger partial charge on any atom is -0.350 e. The number of pyridine rings is 1. The maximum absolute atomic E-state index is 12.8. The van der Waals surface area contributed by atoms with E-state index in [1.54, 1.807) is 24.4 Å². The van der Waals surface area contributed by atoms with Crippen molar-refractivity contribution in [2.45, 2.75) is 13.3 Å². The maximum Gasteiger partial charge on any atom is 0.268 e. The number of benzene rings is 2. The number of carbonyl (C=O) groups excluding carboxylic acids is 1. The van der Waals surface area contributed by atoms with Gasteiger partial charge in [-0.2, -0.15) is 0 Å². The quantitative estimate of drug-likeness (QED) is 0.686. The Morgan fingerprint density at radius 1 is 0.963 bits per heavy atom. The Balaban J connectivity index is 1.83. The normalized spacial score (nSPS) is 11.2. The molecule has 0 aliphatic heterocycles. The van der Waals surface area contributed by atoms with Gasteiger partial charge in [-0.3, -0.25) is 14.2 Å². The van der Waals surface area contributed by atoms with E-state index in [-0.39, 0.29) is 11.5 Å². The first-order chi connectivity index (χ1) is 13.1. The fourth-order valence-electron chi connectivity index (χ4n) is 2.75. The number of aryl methyl sites for hydroxylation is 1. The predicted molar refractivity (Wildman–Crippen MR) is 109 cm³/mol. The van der Waals surface area contributed by atoms with Crippen LogP contribution in [0.25, 0.3) is 11.8 Å². The lowest BCUT2D eigenvalue weighted by molar-refractivity contribution is -0.115. The van der Waals surface area contributed by atoms with Gasteiger partial charge in [-0.1, -0.05) is 66.2 Å². The highest BCUT2D eigenvalue weighted by atomic mass is 16.2. The molecule has 0 atom stereocenters. The van der Waals surface area contributed by atoms with Crippen molar-refractivity contribution in [2.75, 3.05) is 6.54 Å². The van der Waals surface area contributed by atoms with E-state index in [1.807, 2.05) is 61.5 Å². The van der Waals surface area contributed by atoms with Crippen LogP contribution in [-0.2, 0) is 11.2 Å². The SMILES string of the molecule is Cc1ccc(/C=C(\C(=O)NCCc2ccccc2)n2ccccc2=O)cc1. The number of hydrogen-bond acceptors (Lipinski definition) is 2. The summed E-state index contributed by atoms with van der Waals surface area (Å²) in [6, 6.07) is 22.6. The summed E-state index contributed by atoms with van der Waals surface area (Å²) in [4.78, 5) is 25.1. The Morgan fingerprint density at radius 3 is 2.37 bits per heavy atom. The number of amides is 1. The fraction of sp³-hybridized carbons (Fsp3) is 0.130. The first-order valence-corrected chi connectivity index (χ1v) is 8.92. The molecule has 0 saturated carbocycles. The molecule has 27 heavy (non-hydrogen) atoms. The van der Waals surface area contributed by atoms with Crippen molar-refractivity contribution in [3.8, 4) is 0 Å². The maximum atomic E-state index is 12.8. The molecule has 0 aliphatic carbocycles. The van der Waals surface area contributed by atoms with Gasteiger partial charge in [0, 0.05) is 18.8 Å². The summed E-state index contributed by atoms with van der Waals surface area (Å²) in [6.07, 6.45) is 4.08. The number of rotatable bonds is 6. The second-order valence-corrected chi connectivity index (χ2v) is 6.34. The Hall–Kier alpha value is -3.40. The number of carbonyl (C=O) groups is 1. The third-order valence-electron chi connectivity index (χ3n) is 4.24. The Labute approximate surface area is 158 Å². The number of aromatic nitrogens is 1. The molecule has 4 nitrogen and oxygen atoms in total. The van der Waals surface area contributed by atoms with E-state index in [0.29, 0.717) is 12.2 Å². The first-order valence-electron chi connectivity index (χ1n) is 8.92. The van der Waals surface area contributed by atoms with Crippen molar-refractivity contribution in [2.24, 2.45) is 0 Å². The molecule has 1 aromatic heterocycles. The van der Waals surface area contributed by atoms with Crippen molar-refractivity contribution < 1.29 is 4.79 Å². The van der Waals surface area contributed by atoms with Crippen molar-refractivity contribution in [3.63, 3.8) is 0 Å². The molecule has 0 radical (unpaired) electrons. The molecule has 4 heteroatoms. The summed E-state index contributed by atoms with van der Waals surface area (Å²) in [6.45, 7) is 2.50. The van der Waals surface area contributed by atoms with Gasteiger partial charge < -0.3 is 5.32 Å². The van der Waals surface area contributed by atoms with E-state index in [2.05, 4.69) is 5.32 Å². The van der Waals surface area contributed by atoms with Gasteiger partial charge in [-0.25, -0.2) is 0 Å². The topological polar surface area (TPSA) is 51.1 Å². The van der Waals surface area contributed by atoms with Crippen LogP contribution in [0.4, 0.5) is 0 Å². The summed E-state index contributed by atoms with van der Waals surface area (Å²) in [7, 11) is 0. The van der Waals surface area contributed by atoms with Crippen molar-refractivity contribution in [1.29, 1.82) is 0 Å². The molecule has 0 unspecified atom stereocenters.